The first-order valence-electron chi connectivity index (χ1n) is 7.66. The maximum absolute atomic E-state index is 13.2. The number of fused-ring (bicyclic) bond motifs is 1. The van der Waals surface area contributed by atoms with E-state index in [-0.39, 0.29) is 24.4 Å². The van der Waals surface area contributed by atoms with Crippen molar-refractivity contribution in [2.24, 2.45) is 0 Å². The molecule has 5 nitrogen and oxygen atoms in total. The number of benzene rings is 2. The smallest absolute Gasteiger partial charge is 0.261 e. The molecule has 3 rings (SSSR count). The van der Waals surface area contributed by atoms with Gasteiger partial charge in [-0.3, -0.25) is 14.2 Å². The summed E-state index contributed by atoms with van der Waals surface area (Å²) in [5, 5.41) is 3.18. The second-order valence-corrected chi connectivity index (χ2v) is 6.25. The summed E-state index contributed by atoms with van der Waals surface area (Å²) in [7, 11) is 0. The lowest BCUT2D eigenvalue weighted by atomic mass is 10.2. The quantitative estimate of drug-likeness (QED) is 0.712. The highest BCUT2D eigenvalue weighted by Gasteiger charge is 2.09. The topological polar surface area (TPSA) is 64.0 Å². The molecule has 25 heavy (non-hydrogen) atoms. The Bertz CT molecular complexity index is 987. The van der Waals surface area contributed by atoms with Crippen LogP contribution in [0.15, 0.2) is 58.5 Å². The fourth-order valence-electron chi connectivity index (χ4n) is 2.47. The Morgan fingerprint density at radius 2 is 2.08 bits per heavy atom. The fourth-order valence-corrected chi connectivity index (χ4v) is 3.03. The molecule has 1 N–H and O–H groups in total. The van der Waals surface area contributed by atoms with Gasteiger partial charge in [0.2, 0.25) is 5.91 Å². The van der Waals surface area contributed by atoms with E-state index in [1.807, 2.05) is 30.5 Å². The van der Waals surface area contributed by atoms with Crippen molar-refractivity contribution in [2.45, 2.75) is 17.9 Å². The van der Waals surface area contributed by atoms with Crippen molar-refractivity contribution < 1.29 is 9.18 Å². The van der Waals surface area contributed by atoms with Gasteiger partial charge in [-0.25, -0.2) is 9.37 Å². The van der Waals surface area contributed by atoms with Crippen molar-refractivity contribution in [1.29, 1.82) is 0 Å². The van der Waals surface area contributed by atoms with E-state index < -0.39 is 5.82 Å². The summed E-state index contributed by atoms with van der Waals surface area (Å²) in [6.45, 7) is 0.201. The monoisotopic (exact) mass is 357 g/mol. The van der Waals surface area contributed by atoms with E-state index in [0.717, 1.165) is 10.6 Å². The maximum Gasteiger partial charge on any atom is 0.261 e. The number of halogens is 1. The number of thioether (sulfide) groups is 1. The van der Waals surface area contributed by atoms with Gasteiger partial charge < -0.3 is 5.32 Å². The Morgan fingerprint density at radius 1 is 1.28 bits per heavy atom. The van der Waals surface area contributed by atoms with Gasteiger partial charge in [0.05, 0.1) is 22.9 Å². The molecular weight excluding hydrogens is 341 g/mol. The summed E-state index contributed by atoms with van der Waals surface area (Å²) < 4.78 is 14.5. The highest BCUT2D eigenvalue weighted by Crippen LogP contribution is 2.24. The van der Waals surface area contributed by atoms with E-state index in [1.165, 1.54) is 29.1 Å². The van der Waals surface area contributed by atoms with Gasteiger partial charge in [0, 0.05) is 23.9 Å². The molecule has 1 heterocycles. The predicted molar refractivity (Wildman–Crippen MR) is 97.4 cm³/mol. The van der Waals surface area contributed by atoms with Crippen LogP contribution in [0.3, 0.4) is 0 Å². The lowest BCUT2D eigenvalue weighted by Crippen LogP contribution is -2.23. The summed E-state index contributed by atoms with van der Waals surface area (Å²) in [6.07, 6.45) is 3.42. The SMILES string of the molecule is CSc1ccccc1NC(=O)CCn1cnc2cc(F)ccc2c1=O. The summed E-state index contributed by atoms with van der Waals surface area (Å²) in [6, 6.07) is 11.4. The number of aromatic nitrogens is 2. The van der Waals surface area contributed by atoms with Crippen molar-refractivity contribution in [1.82, 2.24) is 9.55 Å². The van der Waals surface area contributed by atoms with E-state index in [1.54, 1.807) is 11.8 Å². The number of hydrogen-bond acceptors (Lipinski definition) is 4. The van der Waals surface area contributed by atoms with Gasteiger partial charge in [0.1, 0.15) is 5.82 Å². The number of carbonyl (C=O) groups excluding carboxylic acids is 1. The number of rotatable bonds is 5. The fraction of sp³-hybridized carbons (Fsp3) is 0.167. The highest BCUT2D eigenvalue weighted by molar-refractivity contribution is 7.98. The van der Waals surface area contributed by atoms with Crippen LogP contribution in [0.25, 0.3) is 10.9 Å². The van der Waals surface area contributed by atoms with Gasteiger partial charge in [-0.2, -0.15) is 0 Å². The number of anilines is 1. The Morgan fingerprint density at radius 3 is 2.88 bits per heavy atom. The van der Waals surface area contributed by atoms with E-state index in [4.69, 9.17) is 0 Å². The van der Waals surface area contributed by atoms with Crippen LogP contribution in [0.5, 0.6) is 0 Å². The molecule has 0 fully saturated rings. The Labute approximate surface area is 147 Å². The van der Waals surface area contributed by atoms with E-state index >= 15 is 0 Å². The van der Waals surface area contributed by atoms with Crippen LogP contribution in [0.2, 0.25) is 0 Å². The molecule has 0 bridgehead atoms. The van der Waals surface area contributed by atoms with Gasteiger partial charge in [-0.05, 0) is 30.5 Å². The van der Waals surface area contributed by atoms with Gasteiger partial charge in [0.25, 0.3) is 5.56 Å². The van der Waals surface area contributed by atoms with E-state index in [0.29, 0.717) is 10.9 Å². The van der Waals surface area contributed by atoms with Gasteiger partial charge in [-0.1, -0.05) is 12.1 Å². The second kappa shape index (κ2) is 7.48. The molecule has 0 saturated carbocycles. The Balaban J connectivity index is 1.72. The number of nitrogens with one attached hydrogen (secondary N) is 1. The summed E-state index contributed by atoms with van der Waals surface area (Å²) in [4.78, 5) is 29.6. The zero-order valence-electron chi connectivity index (χ0n) is 13.5. The third-order valence-corrected chi connectivity index (χ3v) is 4.54. The van der Waals surface area contributed by atoms with Crippen molar-refractivity contribution >= 4 is 34.3 Å². The minimum absolute atomic E-state index is 0.136. The molecule has 1 amide bonds. The van der Waals surface area contributed by atoms with Gasteiger partial charge in [-0.15, -0.1) is 11.8 Å². The highest BCUT2D eigenvalue weighted by atomic mass is 32.2. The maximum atomic E-state index is 13.2. The summed E-state index contributed by atoms with van der Waals surface area (Å²) >= 11 is 1.55. The first-order chi connectivity index (χ1) is 12.1. The average molecular weight is 357 g/mol. The molecule has 128 valence electrons. The Kier molecular flexibility index (Phi) is 5.14. The first kappa shape index (κ1) is 17.2. The largest absolute Gasteiger partial charge is 0.325 e. The third kappa shape index (κ3) is 3.88. The number of carbonyl (C=O) groups is 1. The molecule has 0 atom stereocenters. The normalized spacial score (nSPS) is 10.8. The minimum Gasteiger partial charge on any atom is -0.325 e. The zero-order chi connectivity index (χ0) is 17.8. The molecule has 0 aliphatic heterocycles. The van der Waals surface area contributed by atoms with Crippen LogP contribution in [0, 0.1) is 5.82 Å². The standard InChI is InChI=1S/C18H16FN3O2S/c1-25-16-5-3-2-4-14(16)21-17(23)8-9-22-11-20-15-10-12(19)6-7-13(15)18(22)24/h2-7,10-11H,8-9H2,1H3,(H,21,23). The number of aryl methyl sites for hydroxylation is 1. The lowest BCUT2D eigenvalue weighted by molar-refractivity contribution is -0.116. The van der Waals surface area contributed by atoms with E-state index in [9.17, 15) is 14.0 Å². The molecule has 0 aliphatic carbocycles. The third-order valence-electron chi connectivity index (χ3n) is 3.75. The molecule has 0 unspecified atom stereocenters. The average Bonchev–Trinajstić information content (AvgIpc) is 2.61. The zero-order valence-corrected chi connectivity index (χ0v) is 14.3. The summed E-state index contributed by atoms with van der Waals surface area (Å²) in [5.74, 6) is -0.628. The minimum atomic E-state index is -0.441. The van der Waals surface area contributed by atoms with Crippen molar-refractivity contribution in [3.8, 4) is 0 Å². The van der Waals surface area contributed by atoms with Crippen LogP contribution in [0.4, 0.5) is 10.1 Å². The van der Waals surface area contributed by atoms with Crippen LogP contribution < -0.4 is 10.9 Å². The van der Waals surface area contributed by atoms with Crippen LogP contribution >= 0.6 is 11.8 Å². The molecule has 3 aromatic rings. The number of hydrogen-bond donors (Lipinski definition) is 1. The molecule has 7 heteroatoms. The summed E-state index contributed by atoms with van der Waals surface area (Å²) in [5.41, 5.74) is 0.765. The lowest BCUT2D eigenvalue weighted by Gasteiger charge is -2.10. The molecule has 0 aliphatic rings. The van der Waals surface area contributed by atoms with E-state index in [2.05, 4.69) is 10.3 Å². The number of amides is 1. The van der Waals surface area contributed by atoms with Gasteiger partial charge in [0.15, 0.2) is 0 Å². The van der Waals surface area contributed by atoms with Crippen molar-refractivity contribution in [3.05, 3.63) is 65.0 Å². The molecule has 2 aromatic carbocycles. The van der Waals surface area contributed by atoms with Crippen LogP contribution in [-0.4, -0.2) is 21.7 Å². The van der Waals surface area contributed by atoms with Crippen molar-refractivity contribution in [2.75, 3.05) is 11.6 Å². The number of nitrogens with zero attached hydrogens (tertiary/aromatic N) is 2. The first-order valence-corrected chi connectivity index (χ1v) is 8.88. The molecule has 1 aromatic heterocycles. The van der Waals surface area contributed by atoms with Crippen molar-refractivity contribution in [3.63, 3.8) is 0 Å². The molecule has 0 spiro atoms. The molecule has 0 saturated heterocycles. The molecular formula is C18H16FN3O2S. The molecule has 0 radical (unpaired) electrons. The Hall–Kier alpha value is -2.67. The second-order valence-electron chi connectivity index (χ2n) is 5.40. The van der Waals surface area contributed by atoms with Crippen LogP contribution in [-0.2, 0) is 11.3 Å². The van der Waals surface area contributed by atoms with Gasteiger partial charge >= 0.3 is 0 Å². The van der Waals surface area contributed by atoms with Crippen LogP contribution in [0.1, 0.15) is 6.42 Å². The predicted octanol–water partition coefficient (Wildman–Crippen LogP) is 3.29. The number of para-hydroxylation sites is 1.